The third-order valence-corrected chi connectivity index (χ3v) is 6.65. The number of aromatic amines is 1. The number of non-ortho nitro benzene ring substituents is 1. The first-order valence-electron chi connectivity index (χ1n) is 11.7. The van der Waals surface area contributed by atoms with Crippen LogP contribution in [0.4, 0.5) is 10.1 Å². The summed E-state index contributed by atoms with van der Waals surface area (Å²) in [5, 5.41) is 23.4. The van der Waals surface area contributed by atoms with Gasteiger partial charge in [-0.25, -0.2) is 4.39 Å². The summed E-state index contributed by atoms with van der Waals surface area (Å²) in [6, 6.07) is 14.9. The summed E-state index contributed by atoms with van der Waals surface area (Å²) in [6.07, 6.45) is 2.16. The maximum Gasteiger partial charge on any atom is 0.295 e. The predicted octanol–water partition coefficient (Wildman–Crippen LogP) is 4.89. The Kier molecular flexibility index (Phi) is 6.38. The zero-order valence-corrected chi connectivity index (χ0v) is 20.2. The monoisotopic (exact) mass is 515 g/mol. The predicted molar refractivity (Wildman–Crippen MR) is 137 cm³/mol. The van der Waals surface area contributed by atoms with Crippen LogP contribution in [0, 0.1) is 15.9 Å². The molecule has 1 saturated heterocycles. The molecule has 1 aliphatic heterocycles. The topological polar surface area (TPSA) is 126 Å². The van der Waals surface area contributed by atoms with Crippen LogP contribution in [0.3, 0.4) is 0 Å². The molecule has 0 bridgehead atoms. The Hall–Kier alpha value is -4.99. The quantitative estimate of drug-likeness (QED) is 0.119. The highest BCUT2D eigenvalue weighted by molar-refractivity contribution is 6.46. The molecule has 10 heteroatoms. The molecule has 1 fully saturated rings. The number of fused-ring (bicyclic) bond motifs is 1. The number of H-pyrrole nitrogens is 1. The summed E-state index contributed by atoms with van der Waals surface area (Å²) in [4.78, 5) is 41.8. The molecule has 9 nitrogen and oxygen atoms in total. The Morgan fingerprint density at radius 3 is 2.61 bits per heavy atom. The number of amides is 1. The van der Waals surface area contributed by atoms with Gasteiger partial charge in [-0.3, -0.25) is 19.7 Å². The van der Waals surface area contributed by atoms with Crippen molar-refractivity contribution >= 4 is 34.0 Å². The van der Waals surface area contributed by atoms with Crippen LogP contribution in [-0.2, 0) is 16.0 Å². The van der Waals surface area contributed by atoms with Gasteiger partial charge in [0, 0.05) is 41.3 Å². The SMILES string of the molecule is COc1ccc2[nH]cc(CCN3C(=O)C(=O)/C(=C(\O)c4ccc(F)cc4)C3c3cccc([N+](=O)[O-])c3)c2c1. The third kappa shape index (κ3) is 4.36. The molecule has 2 N–H and O–H groups in total. The number of carbonyl (C=O) groups excluding carboxylic acids is 2. The van der Waals surface area contributed by atoms with Gasteiger partial charge in [0.05, 0.1) is 23.6 Å². The fourth-order valence-electron chi connectivity index (χ4n) is 4.76. The van der Waals surface area contributed by atoms with Crippen LogP contribution < -0.4 is 4.74 Å². The molecule has 1 amide bonds. The zero-order valence-electron chi connectivity index (χ0n) is 20.2. The fourth-order valence-corrected chi connectivity index (χ4v) is 4.76. The number of likely N-dealkylation sites (tertiary alicyclic amines) is 1. The van der Waals surface area contributed by atoms with E-state index < -0.39 is 34.2 Å². The van der Waals surface area contributed by atoms with Crippen LogP contribution in [0.15, 0.2) is 78.5 Å². The minimum atomic E-state index is -1.08. The van der Waals surface area contributed by atoms with Crippen LogP contribution >= 0.6 is 0 Å². The number of halogens is 1. The summed E-state index contributed by atoms with van der Waals surface area (Å²) in [6.45, 7) is 0.0856. The molecule has 0 aliphatic carbocycles. The number of nitro benzene ring substituents is 1. The van der Waals surface area contributed by atoms with E-state index in [1.807, 2.05) is 24.4 Å². The first-order chi connectivity index (χ1) is 18.3. The highest BCUT2D eigenvalue weighted by Gasteiger charge is 2.46. The molecule has 3 aromatic carbocycles. The molecular weight excluding hydrogens is 493 g/mol. The van der Waals surface area contributed by atoms with E-state index >= 15 is 0 Å². The number of nitro groups is 1. The lowest BCUT2D eigenvalue weighted by Crippen LogP contribution is -2.31. The van der Waals surface area contributed by atoms with Crippen molar-refractivity contribution in [3.63, 3.8) is 0 Å². The second kappa shape index (κ2) is 9.81. The normalized spacial score (nSPS) is 16.8. The van der Waals surface area contributed by atoms with Crippen LogP contribution in [0.2, 0.25) is 0 Å². The highest BCUT2D eigenvalue weighted by atomic mass is 19.1. The van der Waals surface area contributed by atoms with Crippen molar-refractivity contribution in [2.24, 2.45) is 0 Å². The number of ether oxygens (including phenoxy) is 1. The largest absolute Gasteiger partial charge is 0.507 e. The first kappa shape index (κ1) is 24.7. The minimum absolute atomic E-state index is 0.0856. The summed E-state index contributed by atoms with van der Waals surface area (Å²) < 4.78 is 18.8. The molecule has 4 aromatic rings. The number of rotatable bonds is 7. The smallest absolute Gasteiger partial charge is 0.295 e. The zero-order chi connectivity index (χ0) is 27.0. The second-order valence-electron chi connectivity index (χ2n) is 8.83. The lowest BCUT2D eigenvalue weighted by Gasteiger charge is -2.25. The van der Waals surface area contributed by atoms with E-state index in [1.54, 1.807) is 13.2 Å². The van der Waals surface area contributed by atoms with Gasteiger partial charge in [0.2, 0.25) is 0 Å². The minimum Gasteiger partial charge on any atom is -0.507 e. The average molecular weight is 515 g/mol. The van der Waals surface area contributed by atoms with E-state index in [0.29, 0.717) is 17.7 Å². The van der Waals surface area contributed by atoms with Gasteiger partial charge in [0.25, 0.3) is 17.4 Å². The number of aliphatic hydroxyl groups excluding tert-OH is 1. The maximum absolute atomic E-state index is 13.5. The van der Waals surface area contributed by atoms with Crippen molar-refractivity contribution in [1.29, 1.82) is 0 Å². The van der Waals surface area contributed by atoms with E-state index in [0.717, 1.165) is 28.6 Å². The summed E-state index contributed by atoms with van der Waals surface area (Å²) in [7, 11) is 1.56. The molecule has 2 heterocycles. The molecule has 0 radical (unpaired) electrons. The van der Waals surface area contributed by atoms with Gasteiger partial charge >= 0.3 is 0 Å². The standard InChI is InChI=1S/C28H22FN3O6/c1-38-21-9-10-23-22(14-21)18(15-30-23)11-12-31-25(17-3-2-4-20(13-17)32(36)37)24(27(34)28(31)35)26(33)16-5-7-19(29)8-6-16/h2-10,13-15,25,30,33H,11-12H2,1H3/b26-24-. The molecule has 1 aliphatic rings. The Labute approximate surface area is 215 Å². The second-order valence-corrected chi connectivity index (χ2v) is 8.83. The van der Waals surface area contributed by atoms with Crippen LogP contribution in [0.1, 0.15) is 22.7 Å². The van der Waals surface area contributed by atoms with Gasteiger partial charge in [-0.05, 0) is 60.0 Å². The third-order valence-electron chi connectivity index (χ3n) is 6.65. The Bertz CT molecular complexity index is 1610. The number of carbonyl (C=O) groups is 2. The number of nitrogens with one attached hydrogen (secondary N) is 1. The van der Waals surface area contributed by atoms with Crippen LogP contribution in [-0.4, -0.2) is 45.3 Å². The Morgan fingerprint density at radius 2 is 1.89 bits per heavy atom. The van der Waals surface area contributed by atoms with E-state index in [2.05, 4.69) is 4.98 Å². The van der Waals surface area contributed by atoms with Crippen molar-refractivity contribution in [3.8, 4) is 5.75 Å². The van der Waals surface area contributed by atoms with E-state index in [-0.39, 0.29) is 23.4 Å². The molecule has 38 heavy (non-hydrogen) atoms. The van der Waals surface area contributed by atoms with Crippen molar-refractivity contribution in [2.45, 2.75) is 12.5 Å². The molecule has 1 aromatic heterocycles. The number of hydrogen-bond donors (Lipinski definition) is 2. The van der Waals surface area contributed by atoms with Gasteiger partial charge in [-0.15, -0.1) is 0 Å². The highest BCUT2D eigenvalue weighted by Crippen LogP contribution is 2.40. The summed E-state index contributed by atoms with van der Waals surface area (Å²) >= 11 is 0. The molecule has 0 saturated carbocycles. The molecular formula is C28H22FN3O6. The number of nitrogens with zero attached hydrogens (tertiary/aromatic N) is 2. The van der Waals surface area contributed by atoms with E-state index in [1.165, 1.54) is 35.2 Å². The fraction of sp³-hybridized carbons (Fsp3) is 0.143. The lowest BCUT2D eigenvalue weighted by molar-refractivity contribution is -0.384. The van der Waals surface area contributed by atoms with Gasteiger partial charge in [-0.1, -0.05) is 12.1 Å². The van der Waals surface area contributed by atoms with Crippen molar-refractivity contribution in [2.75, 3.05) is 13.7 Å². The van der Waals surface area contributed by atoms with E-state index in [9.17, 15) is 29.2 Å². The number of hydrogen-bond acceptors (Lipinski definition) is 6. The van der Waals surface area contributed by atoms with E-state index in [4.69, 9.17) is 4.74 Å². The molecule has 0 spiro atoms. The van der Waals surface area contributed by atoms with Gasteiger partial charge < -0.3 is 19.7 Å². The number of methoxy groups -OCH3 is 1. The summed E-state index contributed by atoms with van der Waals surface area (Å²) in [5.74, 6) is -2.13. The summed E-state index contributed by atoms with van der Waals surface area (Å²) in [5.41, 5.74) is 1.74. The van der Waals surface area contributed by atoms with Crippen LogP contribution in [0.5, 0.6) is 5.75 Å². The van der Waals surface area contributed by atoms with Gasteiger partial charge in [-0.2, -0.15) is 0 Å². The molecule has 1 atom stereocenters. The number of benzene rings is 3. The van der Waals surface area contributed by atoms with Gasteiger partial charge in [0.15, 0.2) is 0 Å². The van der Waals surface area contributed by atoms with Crippen LogP contribution in [0.25, 0.3) is 16.7 Å². The Morgan fingerprint density at radius 1 is 1.13 bits per heavy atom. The van der Waals surface area contributed by atoms with Crippen molar-refractivity contribution < 1.29 is 28.7 Å². The van der Waals surface area contributed by atoms with Crippen molar-refractivity contribution in [1.82, 2.24) is 9.88 Å². The average Bonchev–Trinajstić information content (AvgIpc) is 3.44. The Balaban J connectivity index is 1.58. The number of ketones is 1. The number of aliphatic hydroxyl groups is 1. The maximum atomic E-state index is 13.5. The molecule has 192 valence electrons. The van der Waals surface area contributed by atoms with Gasteiger partial charge in [0.1, 0.15) is 17.3 Å². The number of aromatic nitrogens is 1. The lowest BCUT2D eigenvalue weighted by atomic mass is 9.95. The molecule has 1 unspecified atom stereocenters. The first-order valence-corrected chi connectivity index (χ1v) is 11.7. The number of Topliss-reactive ketones (excluding diaryl/α,β-unsaturated/α-hetero) is 1. The van der Waals surface area contributed by atoms with Crippen molar-refractivity contribution in [3.05, 3.63) is 111 Å². The molecule has 5 rings (SSSR count).